The van der Waals surface area contributed by atoms with Crippen molar-refractivity contribution in [3.05, 3.63) is 50.0 Å². The van der Waals surface area contributed by atoms with Gasteiger partial charge in [0.15, 0.2) is 5.71 Å². The highest BCUT2D eigenvalue weighted by atomic mass is 79.9. The average Bonchev–Trinajstić information content (AvgIpc) is 2.61. The number of esters is 1. The maximum Gasteiger partial charge on any atom is 0.360 e. The van der Waals surface area contributed by atoms with E-state index >= 15 is 0 Å². The molecule has 0 fully saturated rings. The summed E-state index contributed by atoms with van der Waals surface area (Å²) in [4.78, 5) is 17.0. The highest BCUT2D eigenvalue weighted by molar-refractivity contribution is 9.10. The summed E-state index contributed by atoms with van der Waals surface area (Å²) in [5.41, 5.74) is 4.33. The number of benzene rings is 1. The van der Waals surface area contributed by atoms with Crippen molar-refractivity contribution < 1.29 is 19.1 Å². The molecule has 0 saturated carbocycles. The van der Waals surface area contributed by atoms with Crippen molar-refractivity contribution in [1.29, 1.82) is 0 Å². The number of hydrogen-bond acceptors (Lipinski definition) is 5. The summed E-state index contributed by atoms with van der Waals surface area (Å²) < 4.78 is 11.6. The van der Waals surface area contributed by atoms with Crippen LogP contribution in [-0.4, -0.2) is 32.5 Å². The van der Waals surface area contributed by atoms with E-state index in [0.717, 1.165) is 15.6 Å². The molecule has 0 unspecified atom stereocenters. The number of carbonyl (C=O) groups excluding carboxylic acids is 1. The molecule has 0 saturated heterocycles. The molecule has 1 aliphatic carbocycles. The van der Waals surface area contributed by atoms with E-state index in [0.29, 0.717) is 30.2 Å². The van der Waals surface area contributed by atoms with E-state index in [2.05, 4.69) is 28.0 Å². The lowest BCUT2D eigenvalue weighted by Crippen LogP contribution is -2.24. The van der Waals surface area contributed by atoms with Crippen LogP contribution in [0, 0.1) is 0 Å². The Morgan fingerprint density at radius 1 is 1.23 bits per heavy atom. The normalized spacial score (nSPS) is 15.2. The first kappa shape index (κ1) is 20.5. The second-order valence-corrected chi connectivity index (χ2v) is 7.30. The summed E-state index contributed by atoms with van der Waals surface area (Å²) >= 11 is 9.59. The van der Waals surface area contributed by atoms with Gasteiger partial charge in [0.2, 0.25) is 0 Å². The zero-order valence-electron chi connectivity index (χ0n) is 15.2. The summed E-state index contributed by atoms with van der Waals surface area (Å²) in [6, 6.07) is 5.43. The number of hydrogen-bond donors (Lipinski definition) is 0. The van der Waals surface area contributed by atoms with Gasteiger partial charge in [-0.2, -0.15) is 0 Å². The lowest BCUT2D eigenvalue weighted by molar-refractivity contribution is -0.132. The molecule has 0 aliphatic heterocycles. The van der Waals surface area contributed by atoms with Gasteiger partial charge in [-0.15, -0.1) is 0 Å². The number of nitrogens with zero attached hydrogens (tertiary/aromatic N) is 1. The van der Waals surface area contributed by atoms with Crippen molar-refractivity contribution >= 4 is 39.2 Å². The van der Waals surface area contributed by atoms with Gasteiger partial charge in [-0.1, -0.05) is 43.8 Å². The lowest BCUT2D eigenvalue weighted by Gasteiger charge is -2.23. The number of oxime groups is 1. The van der Waals surface area contributed by atoms with Crippen molar-refractivity contribution in [1.82, 2.24) is 0 Å². The zero-order chi connectivity index (χ0) is 19.3. The average molecular weight is 443 g/mol. The third-order valence-electron chi connectivity index (χ3n) is 4.22. The first-order chi connectivity index (χ1) is 12.4. The van der Waals surface area contributed by atoms with Crippen LogP contribution in [0.3, 0.4) is 0 Å². The minimum Gasteiger partial charge on any atom is -0.488 e. The molecule has 0 atom stereocenters. The van der Waals surface area contributed by atoms with Crippen molar-refractivity contribution in [2.24, 2.45) is 5.16 Å². The van der Waals surface area contributed by atoms with Crippen LogP contribution in [0.15, 0.2) is 50.1 Å². The Kier molecular flexibility index (Phi) is 7.29. The van der Waals surface area contributed by atoms with Crippen LogP contribution in [0.25, 0.3) is 0 Å². The molecule has 1 aromatic rings. The van der Waals surface area contributed by atoms with E-state index in [1.165, 1.54) is 25.4 Å². The molecule has 0 aromatic heterocycles. The molecular formula is C19H21BrClNO4. The molecule has 0 radical (unpaired) electrons. The van der Waals surface area contributed by atoms with Crippen molar-refractivity contribution in [3.8, 4) is 5.75 Å². The van der Waals surface area contributed by atoms with Gasteiger partial charge in [-0.05, 0) is 56.0 Å². The Hall–Kier alpha value is -1.79. The first-order valence-corrected chi connectivity index (χ1v) is 9.18. The number of methoxy groups -OCH3 is 1. The van der Waals surface area contributed by atoms with Gasteiger partial charge < -0.3 is 14.3 Å². The molecule has 0 heterocycles. The third kappa shape index (κ3) is 4.89. The fourth-order valence-corrected chi connectivity index (χ4v) is 3.40. The Morgan fingerprint density at radius 3 is 2.54 bits per heavy atom. The summed E-state index contributed by atoms with van der Waals surface area (Å²) in [6.07, 6.45) is 1.28. The minimum atomic E-state index is -0.534. The quantitative estimate of drug-likeness (QED) is 0.267. The van der Waals surface area contributed by atoms with Crippen LogP contribution in [0.2, 0.25) is 5.02 Å². The predicted molar refractivity (Wildman–Crippen MR) is 106 cm³/mol. The zero-order valence-corrected chi connectivity index (χ0v) is 17.5. The third-order valence-corrected chi connectivity index (χ3v) is 5.01. The van der Waals surface area contributed by atoms with Crippen LogP contribution in [-0.2, 0) is 14.4 Å². The highest BCUT2D eigenvalue weighted by Crippen LogP contribution is 2.33. The Labute approximate surface area is 166 Å². The molecule has 1 aliphatic rings. The largest absolute Gasteiger partial charge is 0.488 e. The molecule has 0 spiro atoms. The van der Waals surface area contributed by atoms with E-state index in [1.807, 2.05) is 13.0 Å². The van der Waals surface area contributed by atoms with E-state index in [-0.39, 0.29) is 5.71 Å². The van der Waals surface area contributed by atoms with Crippen molar-refractivity contribution in [3.63, 3.8) is 0 Å². The van der Waals surface area contributed by atoms with E-state index < -0.39 is 5.97 Å². The fourth-order valence-electron chi connectivity index (χ4n) is 2.67. The second-order valence-electron chi connectivity index (χ2n) is 5.97. The monoisotopic (exact) mass is 441 g/mol. The van der Waals surface area contributed by atoms with Crippen LogP contribution in [0.1, 0.15) is 26.7 Å². The molecule has 2 rings (SSSR count). The molecule has 0 amide bonds. The van der Waals surface area contributed by atoms with Gasteiger partial charge >= 0.3 is 5.97 Å². The van der Waals surface area contributed by atoms with E-state index in [4.69, 9.17) is 25.9 Å². The van der Waals surface area contributed by atoms with E-state index in [9.17, 15) is 4.79 Å². The number of rotatable bonds is 6. The van der Waals surface area contributed by atoms with Gasteiger partial charge in [-0.3, -0.25) is 0 Å². The van der Waals surface area contributed by atoms with Gasteiger partial charge in [0.05, 0.1) is 12.1 Å². The molecule has 0 bridgehead atoms. The van der Waals surface area contributed by atoms with E-state index in [1.54, 1.807) is 12.1 Å². The minimum absolute atomic E-state index is 0.169. The first-order valence-electron chi connectivity index (χ1n) is 8.01. The molecule has 5 nitrogen and oxygen atoms in total. The maximum absolute atomic E-state index is 12.2. The SMILES string of the molecule is CON=C(C(=O)OC)C1=C(COc2ccc(Br)cc2Cl)CC(C)=C(C)C1. The maximum atomic E-state index is 12.2. The van der Waals surface area contributed by atoms with Crippen LogP contribution >= 0.6 is 27.5 Å². The number of carbonyl (C=O) groups is 1. The summed E-state index contributed by atoms with van der Waals surface area (Å²) in [5.74, 6) is 0.0438. The number of allylic oxidation sites excluding steroid dienone is 2. The van der Waals surface area contributed by atoms with Gasteiger partial charge in [-0.25, -0.2) is 4.79 Å². The van der Waals surface area contributed by atoms with Crippen molar-refractivity contribution in [2.75, 3.05) is 20.8 Å². The molecule has 0 N–H and O–H groups in total. The van der Waals surface area contributed by atoms with Crippen molar-refractivity contribution in [2.45, 2.75) is 26.7 Å². The lowest BCUT2D eigenvalue weighted by atomic mass is 9.85. The van der Waals surface area contributed by atoms with Gasteiger partial charge in [0, 0.05) is 4.47 Å². The van der Waals surface area contributed by atoms with Crippen LogP contribution in [0.4, 0.5) is 0 Å². The smallest absolute Gasteiger partial charge is 0.360 e. The van der Waals surface area contributed by atoms with Gasteiger partial charge in [0.25, 0.3) is 0 Å². The predicted octanol–water partition coefficient (Wildman–Crippen LogP) is 5.08. The standard InChI is InChI=1S/C19H21BrClNO4/c1-11-7-13(10-26-17-6-5-14(20)9-16(17)21)15(8-12(11)2)18(22-25-4)19(23)24-3/h5-6,9H,7-8,10H2,1-4H3. The number of halogens is 2. The Morgan fingerprint density at radius 2 is 1.92 bits per heavy atom. The molecule has 1 aromatic carbocycles. The van der Waals surface area contributed by atoms with Crippen LogP contribution in [0.5, 0.6) is 5.75 Å². The molecule has 7 heteroatoms. The topological polar surface area (TPSA) is 57.1 Å². The Balaban J connectivity index is 2.34. The number of ether oxygens (including phenoxy) is 2. The highest BCUT2D eigenvalue weighted by Gasteiger charge is 2.26. The Bertz CT molecular complexity index is 799. The van der Waals surface area contributed by atoms with Gasteiger partial charge in [0.1, 0.15) is 19.5 Å². The molecule has 140 valence electrons. The second kappa shape index (κ2) is 9.24. The summed E-state index contributed by atoms with van der Waals surface area (Å²) in [5, 5.41) is 4.40. The fraction of sp³-hybridized carbons (Fsp3) is 0.368. The summed E-state index contributed by atoms with van der Waals surface area (Å²) in [7, 11) is 2.72. The van der Waals surface area contributed by atoms with Crippen LogP contribution < -0.4 is 4.74 Å². The molecule has 26 heavy (non-hydrogen) atoms. The molecular weight excluding hydrogens is 422 g/mol. The summed E-state index contributed by atoms with van der Waals surface area (Å²) in [6.45, 7) is 4.41.